The predicted molar refractivity (Wildman–Crippen MR) is 88.8 cm³/mol. The van der Waals surface area contributed by atoms with E-state index in [-0.39, 0.29) is 11.9 Å². The van der Waals surface area contributed by atoms with E-state index in [0.29, 0.717) is 29.2 Å². The van der Waals surface area contributed by atoms with E-state index in [2.05, 4.69) is 15.0 Å². The zero-order valence-corrected chi connectivity index (χ0v) is 12.8. The molecule has 1 saturated carbocycles. The third-order valence-corrected chi connectivity index (χ3v) is 3.96. The molecule has 2 heterocycles. The Kier molecular flexibility index (Phi) is 3.45. The van der Waals surface area contributed by atoms with Crippen LogP contribution in [0.1, 0.15) is 16.8 Å². The molecule has 7 heteroatoms. The molecule has 1 aromatic carbocycles. The summed E-state index contributed by atoms with van der Waals surface area (Å²) in [6.45, 7) is 0.378. The van der Waals surface area contributed by atoms with E-state index in [1.165, 1.54) is 11.9 Å². The van der Waals surface area contributed by atoms with Crippen LogP contribution in [0.5, 0.6) is 0 Å². The number of aromatic nitrogens is 4. The van der Waals surface area contributed by atoms with E-state index in [1.54, 1.807) is 18.5 Å². The minimum atomic E-state index is -0.296. The molecular formula is C17H15N5O2. The summed E-state index contributed by atoms with van der Waals surface area (Å²) in [7, 11) is 0. The van der Waals surface area contributed by atoms with Gasteiger partial charge in [0.15, 0.2) is 17.0 Å². The number of anilines is 1. The SMILES string of the molecule is Nc1ncnc2c1ncn2/C=C1/CC1COC(=O)c1ccccc1. The quantitative estimate of drug-likeness (QED) is 0.740. The summed E-state index contributed by atoms with van der Waals surface area (Å²) >= 11 is 0. The van der Waals surface area contributed by atoms with Gasteiger partial charge in [0.1, 0.15) is 12.7 Å². The van der Waals surface area contributed by atoms with Gasteiger partial charge in [0.25, 0.3) is 0 Å². The smallest absolute Gasteiger partial charge is 0.338 e. The molecule has 4 rings (SSSR count). The van der Waals surface area contributed by atoms with Gasteiger partial charge >= 0.3 is 5.97 Å². The molecule has 2 aromatic heterocycles. The molecule has 24 heavy (non-hydrogen) atoms. The standard InChI is InChI=1S/C17H15N5O2/c18-15-14-16(20-9-19-15)22(10-21-14)7-12-6-13(12)8-24-17(23)11-4-2-1-3-5-11/h1-5,7,9-10,13H,6,8H2,(H2,18,19,20)/b12-7-. The van der Waals surface area contributed by atoms with Gasteiger partial charge in [-0.05, 0) is 24.1 Å². The van der Waals surface area contributed by atoms with Crippen LogP contribution in [0.3, 0.4) is 0 Å². The lowest BCUT2D eigenvalue weighted by atomic mass is 10.2. The molecule has 0 saturated heterocycles. The first kappa shape index (κ1) is 14.4. The highest BCUT2D eigenvalue weighted by Gasteiger charge is 2.31. The summed E-state index contributed by atoms with van der Waals surface area (Å²) < 4.78 is 7.18. The topological polar surface area (TPSA) is 95.9 Å². The van der Waals surface area contributed by atoms with E-state index >= 15 is 0 Å². The molecular weight excluding hydrogens is 306 g/mol. The third-order valence-electron chi connectivity index (χ3n) is 3.96. The summed E-state index contributed by atoms with van der Waals surface area (Å²) in [5, 5.41) is 0. The largest absolute Gasteiger partial charge is 0.461 e. The number of carbonyl (C=O) groups is 1. The highest BCUT2D eigenvalue weighted by atomic mass is 16.5. The lowest BCUT2D eigenvalue weighted by Gasteiger charge is -2.02. The Morgan fingerprint density at radius 2 is 2.12 bits per heavy atom. The average molecular weight is 321 g/mol. The molecule has 0 spiro atoms. The Hall–Kier alpha value is -3.22. The van der Waals surface area contributed by atoms with Crippen molar-refractivity contribution in [3.63, 3.8) is 0 Å². The fraction of sp³-hybridized carbons (Fsp3) is 0.176. The second-order valence-electron chi connectivity index (χ2n) is 5.65. The van der Waals surface area contributed by atoms with Crippen LogP contribution in [-0.4, -0.2) is 32.1 Å². The Morgan fingerprint density at radius 3 is 2.96 bits per heavy atom. The molecule has 7 nitrogen and oxygen atoms in total. The number of ether oxygens (including phenoxy) is 1. The van der Waals surface area contributed by atoms with Gasteiger partial charge in [-0.3, -0.25) is 4.57 Å². The van der Waals surface area contributed by atoms with Gasteiger partial charge in [-0.15, -0.1) is 0 Å². The maximum atomic E-state index is 11.9. The fourth-order valence-electron chi connectivity index (χ4n) is 2.53. The number of carbonyl (C=O) groups excluding carboxylic acids is 1. The molecule has 1 fully saturated rings. The summed E-state index contributed by atoms with van der Waals surface area (Å²) in [6.07, 6.45) is 5.93. The fourth-order valence-corrected chi connectivity index (χ4v) is 2.53. The number of rotatable bonds is 4. The van der Waals surface area contributed by atoms with Crippen molar-refractivity contribution in [1.29, 1.82) is 0 Å². The maximum absolute atomic E-state index is 11.9. The van der Waals surface area contributed by atoms with E-state index in [1.807, 2.05) is 29.0 Å². The highest BCUT2D eigenvalue weighted by Crippen LogP contribution is 2.38. The number of hydrogen-bond acceptors (Lipinski definition) is 6. The van der Waals surface area contributed by atoms with Crippen molar-refractivity contribution in [3.05, 3.63) is 54.1 Å². The molecule has 0 aliphatic heterocycles. The van der Waals surface area contributed by atoms with Crippen molar-refractivity contribution in [2.45, 2.75) is 6.42 Å². The van der Waals surface area contributed by atoms with Gasteiger partial charge in [-0.25, -0.2) is 19.7 Å². The number of nitrogens with zero attached hydrogens (tertiary/aromatic N) is 4. The zero-order valence-electron chi connectivity index (χ0n) is 12.8. The molecule has 1 aliphatic rings. The third kappa shape index (κ3) is 2.71. The van der Waals surface area contributed by atoms with E-state index in [9.17, 15) is 4.79 Å². The Balaban J connectivity index is 1.42. The van der Waals surface area contributed by atoms with E-state index < -0.39 is 0 Å². The van der Waals surface area contributed by atoms with E-state index in [4.69, 9.17) is 10.5 Å². The lowest BCUT2D eigenvalue weighted by molar-refractivity contribution is 0.0491. The lowest BCUT2D eigenvalue weighted by Crippen LogP contribution is -2.07. The number of hydrogen-bond donors (Lipinski definition) is 1. The van der Waals surface area contributed by atoms with Crippen molar-refractivity contribution in [2.24, 2.45) is 5.92 Å². The van der Waals surface area contributed by atoms with Crippen LogP contribution in [0, 0.1) is 5.92 Å². The molecule has 0 amide bonds. The normalized spacial score (nSPS) is 18.0. The predicted octanol–water partition coefficient (Wildman–Crippen LogP) is 2.13. The number of imidazole rings is 1. The van der Waals surface area contributed by atoms with Gasteiger partial charge < -0.3 is 10.5 Å². The minimum Gasteiger partial charge on any atom is -0.461 e. The van der Waals surface area contributed by atoms with Crippen LogP contribution in [0.15, 0.2) is 48.6 Å². The Bertz CT molecular complexity index is 933. The number of fused-ring (bicyclic) bond motifs is 1. The van der Waals surface area contributed by atoms with Crippen LogP contribution >= 0.6 is 0 Å². The van der Waals surface area contributed by atoms with Gasteiger partial charge in [0.2, 0.25) is 0 Å². The van der Waals surface area contributed by atoms with Crippen LogP contribution in [0.4, 0.5) is 5.82 Å². The molecule has 1 aliphatic carbocycles. The van der Waals surface area contributed by atoms with E-state index in [0.717, 1.165) is 6.42 Å². The molecule has 0 radical (unpaired) electrons. The molecule has 1 unspecified atom stereocenters. The Labute approximate surface area is 137 Å². The number of esters is 1. The number of nitrogen functional groups attached to an aromatic ring is 1. The molecule has 2 N–H and O–H groups in total. The summed E-state index contributed by atoms with van der Waals surface area (Å²) in [5.41, 5.74) is 8.78. The summed E-state index contributed by atoms with van der Waals surface area (Å²) in [6, 6.07) is 8.99. The van der Waals surface area contributed by atoms with Crippen LogP contribution in [0.25, 0.3) is 17.4 Å². The zero-order chi connectivity index (χ0) is 16.5. The minimum absolute atomic E-state index is 0.245. The van der Waals surface area contributed by atoms with Crippen molar-refractivity contribution in [3.8, 4) is 0 Å². The van der Waals surface area contributed by atoms with Crippen molar-refractivity contribution in [1.82, 2.24) is 19.5 Å². The summed E-state index contributed by atoms with van der Waals surface area (Å²) in [4.78, 5) is 24.3. The van der Waals surface area contributed by atoms with Gasteiger partial charge in [-0.2, -0.15) is 0 Å². The average Bonchev–Trinajstić information content (AvgIpc) is 3.22. The van der Waals surface area contributed by atoms with Crippen LogP contribution in [0.2, 0.25) is 0 Å². The molecule has 1 atom stereocenters. The first-order valence-electron chi connectivity index (χ1n) is 7.58. The first-order valence-corrected chi connectivity index (χ1v) is 7.58. The van der Waals surface area contributed by atoms with Gasteiger partial charge in [0, 0.05) is 12.1 Å². The second-order valence-corrected chi connectivity index (χ2v) is 5.65. The summed E-state index contributed by atoms with van der Waals surface area (Å²) in [5.74, 6) is 0.311. The first-order chi connectivity index (χ1) is 11.7. The highest BCUT2D eigenvalue weighted by molar-refractivity contribution is 5.89. The molecule has 3 aromatic rings. The monoisotopic (exact) mass is 321 g/mol. The number of benzene rings is 1. The van der Waals surface area contributed by atoms with Gasteiger partial charge in [0.05, 0.1) is 12.2 Å². The van der Waals surface area contributed by atoms with Crippen LogP contribution in [-0.2, 0) is 4.74 Å². The van der Waals surface area contributed by atoms with Crippen molar-refractivity contribution < 1.29 is 9.53 Å². The van der Waals surface area contributed by atoms with Crippen molar-refractivity contribution in [2.75, 3.05) is 12.3 Å². The van der Waals surface area contributed by atoms with Crippen molar-refractivity contribution >= 4 is 29.2 Å². The second kappa shape index (κ2) is 5.77. The molecule has 0 bridgehead atoms. The Morgan fingerprint density at radius 1 is 1.29 bits per heavy atom. The molecule has 120 valence electrons. The van der Waals surface area contributed by atoms with Gasteiger partial charge in [-0.1, -0.05) is 18.2 Å². The van der Waals surface area contributed by atoms with Crippen LogP contribution < -0.4 is 5.73 Å². The maximum Gasteiger partial charge on any atom is 0.338 e. The number of nitrogens with two attached hydrogens (primary N) is 1.